The fourth-order valence-electron chi connectivity index (χ4n) is 4.46. The summed E-state index contributed by atoms with van der Waals surface area (Å²) in [6, 6.07) is 9.87. The van der Waals surface area contributed by atoms with Gasteiger partial charge in [0.05, 0.1) is 40.3 Å². The van der Waals surface area contributed by atoms with E-state index in [2.05, 4.69) is 45.4 Å². The Morgan fingerprint density at radius 1 is 1.05 bits per heavy atom. The topological polar surface area (TPSA) is 0 Å². The molecule has 0 aromatic heterocycles. The van der Waals surface area contributed by atoms with E-state index in [9.17, 15) is 0 Å². The summed E-state index contributed by atoms with van der Waals surface area (Å²) in [6.45, 7) is 5.47. The number of piperidine rings is 1. The Morgan fingerprint density at radius 3 is 2.45 bits per heavy atom. The molecule has 2 heteroatoms. The molecule has 1 aliphatic heterocycles. The van der Waals surface area contributed by atoms with Crippen LogP contribution in [0.15, 0.2) is 24.3 Å². The number of aryl methyl sites for hydroxylation is 1. The van der Waals surface area contributed by atoms with Gasteiger partial charge in [-0.3, -0.25) is 0 Å². The maximum atomic E-state index is 2.48. The second kappa shape index (κ2) is 6.33. The Kier molecular flexibility index (Phi) is 4.61. The molecule has 1 aromatic rings. The minimum absolute atomic E-state index is 0.797. The first-order valence-electron chi connectivity index (χ1n) is 9.22. The summed E-state index contributed by atoms with van der Waals surface area (Å²) in [7, 11) is 7.42. The molecule has 1 atom stereocenters. The second-order valence-electron chi connectivity index (χ2n) is 8.52. The predicted octanol–water partition coefficient (Wildman–Crippen LogP) is 3.25. The highest BCUT2D eigenvalue weighted by atomic mass is 15.4. The van der Waals surface area contributed by atoms with Gasteiger partial charge in [0, 0.05) is 12.8 Å². The van der Waals surface area contributed by atoms with Gasteiger partial charge in [-0.25, -0.2) is 0 Å². The van der Waals surface area contributed by atoms with Crippen LogP contribution in [0, 0.1) is 0 Å². The molecule has 1 unspecified atom stereocenters. The van der Waals surface area contributed by atoms with Crippen LogP contribution in [-0.4, -0.2) is 62.3 Å². The first-order valence-corrected chi connectivity index (χ1v) is 9.22. The lowest BCUT2D eigenvalue weighted by Crippen LogP contribution is -2.58. The monoisotopic (exact) mass is 302 g/mol. The van der Waals surface area contributed by atoms with Crippen molar-refractivity contribution >= 4 is 0 Å². The third-order valence-corrected chi connectivity index (χ3v) is 6.42. The third-order valence-electron chi connectivity index (χ3n) is 6.42. The molecule has 0 bridgehead atoms. The zero-order chi connectivity index (χ0) is 15.6. The number of likely N-dealkylation sites (tertiary alicyclic amines) is 1. The van der Waals surface area contributed by atoms with E-state index in [0.29, 0.717) is 0 Å². The molecule has 0 amide bonds. The van der Waals surface area contributed by atoms with Crippen molar-refractivity contribution in [3.63, 3.8) is 0 Å². The largest absolute Gasteiger partial charge is 0.321 e. The lowest BCUT2D eigenvalue weighted by atomic mass is 9.86. The van der Waals surface area contributed by atoms with Crippen molar-refractivity contribution in [3.05, 3.63) is 35.4 Å². The van der Waals surface area contributed by atoms with E-state index in [-0.39, 0.29) is 0 Å². The van der Waals surface area contributed by atoms with E-state index in [1.165, 1.54) is 73.7 Å². The van der Waals surface area contributed by atoms with Gasteiger partial charge >= 0.3 is 0 Å². The number of hydrogen-bond acceptors (Lipinski definition) is 0. The molecule has 0 spiro atoms. The first kappa shape index (κ1) is 16.0. The average molecular weight is 303 g/mol. The Balaban J connectivity index is 1.61. The summed E-state index contributed by atoms with van der Waals surface area (Å²) in [4.78, 5) is 0. The van der Waals surface area contributed by atoms with Gasteiger partial charge in [0.15, 0.2) is 0 Å². The van der Waals surface area contributed by atoms with Crippen molar-refractivity contribution in [3.8, 4) is 0 Å². The summed E-state index contributed by atoms with van der Waals surface area (Å²) in [5, 5.41) is 0. The van der Waals surface area contributed by atoms with Gasteiger partial charge in [-0.15, -0.1) is 0 Å². The summed E-state index contributed by atoms with van der Waals surface area (Å²) < 4.78 is 2.51. The summed E-state index contributed by atoms with van der Waals surface area (Å²) in [5.74, 6) is 0. The molecule has 1 saturated heterocycles. The number of rotatable bonds is 4. The maximum absolute atomic E-state index is 2.48. The second-order valence-corrected chi connectivity index (χ2v) is 8.52. The molecule has 0 N–H and O–H groups in total. The molecule has 1 aliphatic carbocycles. The van der Waals surface area contributed by atoms with E-state index in [1.54, 1.807) is 11.1 Å². The number of benzene rings is 1. The summed E-state index contributed by atoms with van der Waals surface area (Å²) in [6.07, 6.45) is 8.21. The lowest BCUT2D eigenvalue weighted by Gasteiger charge is -2.44. The van der Waals surface area contributed by atoms with Gasteiger partial charge in [-0.2, -0.15) is 0 Å². The van der Waals surface area contributed by atoms with Crippen molar-refractivity contribution in [2.45, 2.75) is 44.6 Å². The van der Waals surface area contributed by atoms with Crippen LogP contribution in [0.3, 0.4) is 0 Å². The zero-order valence-electron chi connectivity index (χ0n) is 14.9. The van der Waals surface area contributed by atoms with Crippen molar-refractivity contribution in [1.82, 2.24) is 0 Å². The van der Waals surface area contributed by atoms with Gasteiger partial charge in [0.2, 0.25) is 0 Å². The van der Waals surface area contributed by atoms with Gasteiger partial charge < -0.3 is 8.97 Å². The Morgan fingerprint density at radius 2 is 1.73 bits per heavy atom. The van der Waals surface area contributed by atoms with Crippen LogP contribution in [0.25, 0.3) is 0 Å². The van der Waals surface area contributed by atoms with Crippen molar-refractivity contribution in [2.24, 2.45) is 0 Å². The highest BCUT2D eigenvalue weighted by Gasteiger charge is 2.35. The molecular formula is C20H34N2+2. The van der Waals surface area contributed by atoms with Gasteiger partial charge in [0.25, 0.3) is 0 Å². The molecule has 22 heavy (non-hydrogen) atoms. The molecule has 1 fully saturated rings. The van der Waals surface area contributed by atoms with E-state index in [0.717, 1.165) is 6.04 Å². The average Bonchev–Trinajstić information content (AvgIpc) is 2.53. The molecule has 0 saturated carbocycles. The van der Waals surface area contributed by atoms with Crippen molar-refractivity contribution in [1.29, 1.82) is 0 Å². The fraction of sp³-hybridized carbons (Fsp3) is 0.700. The van der Waals surface area contributed by atoms with Gasteiger partial charge in [-0.1, -0.05) is 24.3 Å². The molecule has 122 valence electrons. The SMILES string of the molecule is C[N+]1(CC[N+](C)(C)C2CCc3ccccc3C2)CCCCC1. The van der Waals surface area contributed by atoms with Gasteiger partial charge in [0.1, 0.15) is 13.1 Å². The van der Waals surface area contributed by atoms with Crippen LogP contribution < -0.4 is 0 Å². The minimum Gasteiger partial charge on any atom is -0.321 e. The molecule has 2 nitrogen and oxygen atoms in total. The predicted molar refractivity (Wildman–Crippen MR) is 93.9 cm³/mol. The Bertz CT molecular complexity index is 500. The quantitative estimate of drug-likeness (QED) is 0.749. The standard InChI is InChI=1S/C20H34N2/c1-21(2,15-16-22(3)13-7-4-8-14-22)20-12-11-18-9-5-6-10-19(18)17-20/h5-6,9-10,20H,4,7-8,11-17H2,1-3H3/q+2. The first-order chi connectivity index (χ1) is 10.5. The lowest BCUT2D eigenvalue weighted by molar-refractivity contribution is -0.968. The van der Waals surface area contributed by atoms with E-state index >= 15 is 0 Å². The number of nitrogens with zero attached hydrogens (tertiary/aromatic N) is 2. The molecule has 1 heterocycles. The highest BCUT2D eigenvalue weighted by Crippen LogP contribution is 2.27. The van der Waals surface area contributed by atoms with E-state index < -0.39 is 0 Å². The fourth-order valence-corrected chi connectivity index (χ4v) is 4.46. The number of hydrogen-bond donors (Lipinski definition) is 0. The summed E-state index contributed by atoms with van der Waals surface area (Å²) >= 11 is 0. The molecule has 1 aromatic carbocycles. The van der Waals surface area contributed by atoms with Crippen LogP contribution in [0.2, 0.25) is 0 Å². The normalized spacial score (nSPS) is 24.8. The maximum Gasteiger partial charge on any atom is 0.128 e. The number of fused-ring (bicyclic) bond motifs is 1. The Hall–Kier alpha value is -0.860. The number of likely N-dealkylation sites (N-methyl/N-ethyl adjacent to an activating group) is 2. The van der Waals surface area contributed by atoms with Crippen LogP contribution in [0.5, 0.6) is 0 Å². The van der Waals surface area contributed by atoms with Crippen molar-refractivity contribution in [2.75, 3.05) is 47.3 Å². The van der Waals surface area contributed by atoms with Crippen molar-refractivity contribution < 1.29 is 8.97 Å². The minimum atomic E-state index is 0.797. The number of quaternary nitrogens is 2. The molecule has 2 aliphatic rings. The van der Waals surface area contributed by atoms with Crippen LogP contribution >= 0.6 is 0 Å². The smallest absolute Gasteiger partial charge is 0.128 e. The van der Waals surface area contributed by atoms with Crippen LogP contribution in [-0.2, 0) is 12.8 Å². The molecule has 0 radical (unpaired) electrons. The molecular weight excluding hydrogens is 268 g/mol. The highest BCUT2D eigenvalue weighted by molar-refractivity contribution is 5.29. The zero-order valence-corrected chi connectivity index (χ0v) is 14.9. The third kappa shape index (κ3) is 3.55. The van der Waals surface area contributed by atoms with E-state index in [4.69, 9.17) is 0 Å². The van der Waals surface area contributed by atoms with E-state index in [1.807, 2.05) is 0 Å². The van der Waals surface area contributed by atoms with Gasteiger partial charge in [-0.05, 0) is 36.8 Å². The summed E-state index contributed by atoms with van der Waals surface area (Å²) in [5.41, 5.74) is 3.19. The molecule has 3 rings (SSSR count). The van der Waals surface area contributed by atoms with Crippen LogP contribution in [0.4, 0.5) is 0 Å². The van der Waals surface area contributed by atoms with Crippen LogP contribution in [0.1, 0.15) is 36.8 Å². The Labute approximate surface area is 136 Å².